The standard InChI is InChI=1S/C14H20N2O3/c1-9(2)11-5-3-10(4-6-11)8-16-14(19)12(15)7-13(17)18/h3-6,9,12H,7-8,15H2,1-2H3,(H,16,19)(H,17,18). The van der Waals surface area contributed by atoms with Crippen LogP contribution in [0.5, 0.6) is 0 Å². The number of hydrogen-bond donors (Lipinski definition) is 3. The SMILES string of the molecule is CC(C)c1ccc(CNC(=O)C(N)CC(=O)O)cc1. The Bertz CT molecular complexity index is 441. The summed E-state index contributed by atoms with van der Waals surface area (Å²) in [5.41, 5.74) is 7.65. The number of rotatable bonds is 6. The van der Waals surface area contributed by atoms with Crippen molar-refractivity contribution >= 4 is 11.9 Å². The van der Waals surface area contributed by atoms with Crippen LogP contribution in [0.4, 0.5) is 0 Å². The van der Waals surface area contributed by atoms with Gasteiger partial charge in [-0.05, 0) is 17.0 Å². The van der Waals surface area contributed by atoms with E-state index in [-0.39, 0.29) is 6.42 Å². The number of hydrogen-bond acceptors (Lipinski definition) is 3. The summed E-state index contributed by atoms with van der Waals surface area (Å²) in [6.07, 6.45) is -0.363. The van der Waals surface area contributed by atoms with Gasteiger partial charge in [-0.1, -0.05) is 38.1 Å². The van der Waals surface area contributed by atoms with E-state index < -0.39 is 17.9 Å². The van der Waals surface area contributed by atoms with Crippen molar-refractivity contribution in [2.75, 3.05) is 0 Å². The van der Waals surface area contributed by atoms with Crippen LogP contribution in [0.25, 0.3) is 0 Å². The molecule has 5 heteroatoms. The molecule has 0 saturated heterocycles. The Morgan fingerprint density at radius 2 is 1.84 bits per heavy atom. The lowest BCUT2D eigenvalue weighted by molar-refractivity contribution is -0.139. The first kappa shape index (κ1) is 15.2. The number of carboxylic acid groups (broad SMARTS) is 1. The highest BCUT2D eigenvalue weighted by Gasteiger charge is 2.16. The minimum Gasteiger partial charge on any atom is -0.481 e. The molecule has 1 rings (SSSR count). The van der Waals surface area contributed by atoms with Crippen molar-refractivity contribution in [3.8, 4) is 0 Å². The summed E-state index contributed by atoms with van der Waals surface area (Å²) in [7, 11) is 0. The van der Waals surface area contributed by atoms with E-state index in [0.717, 1.165) is 5.56 Å². The summed E-state index contributed by atoms with van der Waals surface area (Å²) in [5, 5.41) is 11.2. The van der Waals surface area contributed by atoms with E-state index in [1.54, 1.807) is 0 Å². The van der Waals surface area contributed by atoms with E-state index in [2.05, 4.69) is 19.2 Å². The van der Waals surface area contributed by atoms with E-state index in [1.165, 1.54) is 5.56 Å². The minimum atomic E-state index is -1.08. The molecule has 0 aliphatic carbocycles. The van der Waals surface area contributed by atoms with Crippen LogP contribution in [0.1, 0.15) is 37.3 Å². The molecule has 0 bridgehead atoms. The molecule has 5 nitrogen and oxygen atoms in total. The highest BCUT2D eigenvalue weighted by Crippen LogP contribution is 2.14. The van der Waals surface area contributed by atoms with Gasteiger partial charge in [0.05, 0.1) is 12.5 Å². The first-order valence-electron chi connectivity index (χ1n) is 6.24. The van der Waals surface area contributed by atoms with Gasteiger partial charge in [0.25, 0.3) is 0 Å². The summed E-state index contributed by atoms with van der Waals surface area (Å²) in [4.78, 5) is 22.0. The highest BCUT2D eigenvalue weighted by atomic mass is 16.4. The molecule has 4 N–H and O–H groups in total. The molecule has 0 fully saturated rings. The largest absolute Gasteiger partial charge is 0.481 e. The summed E-state index contributed by atoms with van der Waals surface area (Å²) >= 11 is 0. The zero-order valence-electron chi connectivity index (χ0n) is 11.2. The average molecular weight is 264 g/mol. The number of carboxylic acids is 1. The van der Waals surface area contributed by atoms with Gasteiger partial charge < -0.3 is 16.2 Å². The van der Waals surface area contributed by atoms with E-state index in [9.17, 15) is 9.59 Å². The van der Waals surface area contributed by atoms with Crippen molar-refractivity contribution in [2.45, 2.75) is 38.8 Å². The van der Waals surface area contributed by atoms with E-state index in [1.807, 2.05) is 24.3 Å². The van der Waals surface area contributed by atoms with Crippen LogP contribution < -0.4 is 11.1 Å². The van der Waals surface area contributed by atoms with Gasteiger partial charge in [0.2, 0.25) is 5.91 Å². The molecule has 104 valence electrons. The number of amides is 1. The van der Waals surface area contributed by atoms with E-state index >= 15 is 0 Å². The number of aliphatic carboxylic acids is 1. The molecule has 1 atom stereocenters. The van der Waals surface area contributed by atoms with Gasteiger partial charge in [-0.25, -0.2) is 0 Å². The van der Waals surface area contributed by atoms with Gasteiger partial charge in [-0.2, -0.15) is 0 Å². The Kier molecular flexibility index (Phi) is 5.51. The molecule has 0 spiro atoms. The second-order valence-electron chi connectivity index (χ2n) is 4.82. The fraction of sp³-hybridized carbons (Fsp3) is 0.429. The number of carbonyl (C=O) groups excluding carboxylic acids is 1. The van der Waals surface area contributed by atoms with Crippen LogP contribution in [0.3, 0.4) is 0 Å². The molecule has 19 heavy (non-hydrogen) atoms. The monoisotopic (exact) mass is 264 g/mol. The molecule has 0 aliphatic heterocycles. The maximum atomic E-state index is 11.5. The molecular weight excluding hydrogens is 244 g/mol. The first-order chi connectivity index (χ1) is 8.90. The summed E-state index contributed by atoms with van der Waals surface area (Å²) in [6, 6.07) is 6.91. The molecule has 0 heterocycles. The third-order valence-electron chi connectivity index (χ3n) is 2.84. The van der Waals surface area contributed by atoms with Crippen molar-refractivity contribution < 1.29 is 14.7 Å². The number of benzene rings is 1. The molecule has 1 amide bonds. The Labute approximate surface area is 112 Å². The molecule has 0 saturated carbocycles. The summed E-state index contributed by atoms with van der Waals surface area (Å²) < 4.78 is 0. The van der Waals surface area contributed by atoms with Crippen LogP contribution >= 0.6 is 0 Å². The zero-order chi connectivity index (χ0) is 14.4. The molecule has 1 aromatic carbocycles. The minimum absolute atomic E-state index is 0.352. The van der Waals surface area contributed by atoms with Crippen LogP contribution in [0, 0.1) is 0 Å². The highest BCUT2D eigenvalue weighted by molar-refractivity contribution is 5.85. The lowest BCUT2D eigenvalue weighted by atomic mass is 10.0. The average Bonchev–Trinajstić information content (AvgIpc) is 2.35. The molecule has 0 aromatic heterocycles. The number of nitrogens with two attached hydrogens (primary N) is 1. The van der Waals surface area contributed by atoms with Gasteiger partial charge in [0.15, 0.2) is 0 Å². The van der Waals surface area contributed by atoms with E-state index in [0.29, 0.717) is 12.5 Å². The normalized spacial score (nSPS) is 12.2. The Hall–Kier alpha value is -1.88. The van der Waals surface area contributed by atoms with Crippen LogP contribution in [0.15, 0.2) is 24.3 Å². The Morgan fingerprint density at radius 3 is 2.32 bits per heavy atom. The first-order valence-corrected chi connectivity index (χ1v) is 6.24. The van der Waals surface area contributed by atoms with E-state index in [4.69, 9.17) is 10.8 Å². The molecule has 1 aromatic rings. The van der Waals surface area contributed by atoms with Gasteiger partial charge in [0, 0.05) is 6.54 Å². The van der Waals surface area contributed by atoms with Crippen LogP contribution in [-0.4, -0.2) is 23.0 Å². The zero-order valence-corrected chi connectivity index (χ0v) is 11.2. The number of carbonyl (C=O) groups is 2. The van der Waals surface area contributed by atoms with Crippen LogP contribution in [0.2, 0.25) is 0 Å². The predicted molar refractivity (Wildman–Crippen MR) is 72.6 cm³/mol. The third kappa shape index (κ3) is 5.09. The third-order valence-corrected chi connectivity index (χ3v) is 2.84. The quantitative estimate of drug-likeness (QED) is 0.720. The number of nitrogens with one attached hydrogen (secondary N) is 1. The maximum absolute atomic E-state index is 11.5. The summed E-state index contributed by atoms with van der Waals surface area (Å²) in [6.45, 7) is 4.58. The predicted octanol–water partition coefficient (Wildman–Crippen LogP) is 1.23. The van der Waals surface area contributed by atoms with Crippen LogP contribution in [-0.2, 0) is 16.1 Å². The fourth-order valence-electron chi connectivity index (χ4n) is 1.62. The van der Waals surface area contributed by atoms with Crippen molar-refractivity contribution in [2.24, 2.45) is 5.73 Å². The molecule has 0 aliphatic rings. The van der Waals surface area contributed by atoms with Crippen molar-refractivity contribution in [1.82, 2.24) is 5.32 Å². The smallest absolute Gasteiger partial charge is 0.305 e. The van der Waals surface area contributed by atoms with Crippen molar-refractivity contribution in [1.29, 1.82) is 0 Å². The molecule has 1 unspecified atom stereocenters. The lowest BCUT2D eigenvalue weighted by Gasteiger charge is -2.11. The van der Waals surface area contributed by atoms with Gasteiger partial charge in [0.1, 0.15) is 0 Å². The lowest BCUT2D eigenvalue weighted by Crippen LogP contribution is -2.41. The second kappa shape index (κ2) is 6.89. The van der Waals surface area contributed by atoms with Gasteiger partial charge in [-0.3, -0.25) is 9.59 Å². The summed E-state index contributed by atoms with van der Waals surface area (Å²) in [5.74, 6) is -1.06. The Morgan fingerprint density at radius 1 is 1.26 bits per heavy atom. The molecule has 0 radical (unpaired) electrons. The molecular formula is C14H20N2O3. The fourth-order valence-corrected chi connectivity index (χ4v) is 1.62. The van der Waals surface area contributed by atoms with Gasteiger partial charge >= 0.3 is 5.97 Å². The van der Waals surface area contributed by atoms with Gasteiger partial charge in [-0.15, -0.1) is 0 Å². The maximum Gasteiger partial charge on any atom is 0.305 e. The second-order valence-corrected chi connectivity index (χ2v) is 4.82. The topological polar surface area (TPSA) is 92.4 Å². The van der Waals surface area contributed by atoms with Crippen molar-refractivity contribution in [3.05, 3.63) is 35.4 Å². The Balaban J connectivity index is 2.48. The van der Waals surface area contributed by atoms with Crippen molar-refractivity contribution in [3.63, 3.8) is 0 Å².